The minimum atomic E-state index is -1.85. The molecular weight excluding hydrogens is 700 g/mol. The number of methoxy groups -OCH3 is 1. The third-order valence-corrected chi connectivity index (χ3v) is 7.99. The number of phenolic OH excluding ortho intramolecular Hbond substituents is 1. The minimum absolute atomic E-state index is 0.00750. The number of aromatic hydroxyl groups is 1. The predicted molar refractivity (Wildman–Crippen MR) is 188 cm³/mol. The first-order chi connectivity index (χ1) is 25.4. The molecule has 0 spiro atoms. The summed E-state index contributed by atoms with van der Waals surface area (Å²) in [6.07, 6.45) is -8.10. The zero-order valence-corrected chi connectivity index (χ0v) is 29.2. The Bertz CT molecular complexity index is 1730. The first-order valence-corrected chi connectivity index (χ1v) is 16.4. The number of carboxylic acids is 1. The smallest absolute Gasteiger partial charge is 0.338 e. The third-order valence-electron chi connectivity index (χ3n) is 7.99. The van der Waals surface area contributed by atoms with E-state index in [2.05, 4.69) is 15.6 Å². The lowest BCUT2D eigenvalue weighted by Gasteiger charge is -2.40. The van der Waals surface area contributed by atoms with Crippen LogP contribution in [0.4, 0.5) is 5.69 Å². The Balaban J connectivity index is 1.52. The Labute approximate surface area is 304 Å². The summed E-state index contributed by atoms with van der Waals surface area (Å²) in [5.41, 5.74) is 6.32. The summed E-state index contributed by atoms with van der Waals surface area (Å²) >= 11 is 0. The fourth-order valence-corrected chi connectivity index (χ4v) is 5.05. The van der Waals surface area contributed by atoms with E-state index in [-0.39, 0.29) is 71.5 Å². The van der Waals surface area contributed by atoms with Crippen molar-refractivity contribution in [3.05, 3.63) is 71.3 Å². The number of ether oxygens (including phenoxy) is 6. The van der Waals surface area contributed by atoms with Crippen LogP contribution < -0.4 is 35.3 Å². The molecule has 1 aliphatic rings. The van der Waals surface area contributed by atoms with Gasteiger partial charge in [0.05, 0.1) is 37.1 Å². The van der Waals surface area contributed by atoms with Crippen LogP contribution in [-0.2, 0) is 15.9 Å². The SMILES string of the molecule is CN=C(N)NCOc1cc(C(=O)O)c(NC(C)CO)cc1OC1OC(COC(=O)c2cc(OC)c(O)c(OCCc3ccccc3)c2)C(O)C(O)C1O. The van der Waals surface area contributed by atoms with Crippen molar-refractivity contribution in [2.24, 2.45) is 10.7 Å². The van der Waals surface area contributed by atoms with Crippen LogP contribution in [0.25, 0.3) is 0 Å². The maximum absolute atomic E-state index is 13.2. The number of carboxylic acid groups (broad SMARTS) is 1. The zero-order chi connectivity index (χ0) is 38.7. The fourth-order valence-electron chi connectivity index (χ4n) is 5.05. The Morgan fingerprint density at radius 1 is 0.981 bits per heavy atom. The minimum Gasteiger partial charge on any atom is -0.502 e. The summed E-state index contributed by atoms with van der Waals surface area (Å²) in [7, 11) is 2.72. The van der Waals surface area contributed by atoms with Gasteiger partial charge in [-0.15, -0.1) is 0 Å². The molecule has 3 aromatic carbocycles. The van der Waals surface area contributed by atoms with E-state index in [0.717, 1.165) is 11.6 Å². The highest BCUT2D eigenvalue weighted by molar-refractivity contribution is 5.95. The number of nitrogens with two attached hydrogens (primary N) is 1. The van der Waals surface area contributed by atoms with Gasteiger partial charge in [-0.3, -0.25) is 4.99 Å². The van der Waals surface area contributed by atoms with Crippen LogP contribution in [0.15, 0.2) is 59.6 Å². The summed E-state index contributed by atoms with van der Waals surface area (Å²) in [5, 5.41) is 67.8. The van der Waals surface area contributed by atoms with Crippen LogP contribution in [0.2, 0.25) is 0 Å². The molecule has 0 amide bonds. The standard InChI is InChI=1S/C35H44N4O14/c1-18(15-40)39-22-14-24(23(13-21(22)32(45)46)51-17-38-35(36)37-2)52-34-31(44)30(43)29(42)27(53-34)16-50-33(47)20-11-25(48-3)28(41)26(12-20)49-10-9-19-7-5-4-6-8-19/h4-8,11-14,18,27,29-31,34,39-44H,9-10,15-17H2,1-3H3,(H,45,46)(H3,36,37,38). The average molecular weight is 745 g/mol. The number of rotatable bonds is 17. The molecule has 6 atom stereocenters. The van der Waals surface area contributed by atoms with Gasteiger partial charge in [0.15, 0.2) is 35.7 Å². The number of phenols is 1. The number of aliphatic imine (C=N–C) groups is 1. The number of carbonyl (C=O) groups excluding carboxylic acids is 1. The molecule has 1 aliphatic heterocycles. The van der Waals surface area contributed by atoms with Crippen molar-refractivity contribution in [2.45, 2.75) is 50.1 Å². The van der Waals surface area contributed by atoms with Gasteiger partial charge in [0, 0.05) is 31.6 Å². The lowest BCUT2D eigenvalue weighted by Crippen LogP contribution is -2.60. The Kier molecular flexibility index (Phi) is 14.3. The largest absolute Gasteiger partial charge is 0.502 e. The second kappa shape index (κ2) is 18.8. The number of hydrogen-bond acceptors (Lipinski definition) is 15. The Morgan fingerprint density at radius 3 is 2.36 bits per heavy atom. The third kappa shape index (κ3) is 10.5. The van der Waals surface area contributed by atoms with Crippen molar-refractivity contribution in [2.75, 3.05) is 46.0 Å². The van der Waals surface area contributed by atoms with Gasteiger partial charge in [-0.2, -0.15) is 0 Å². The molecule has 10 N–H and O–H groups in total. The maximum atomic E-state index is 13.2. The number of aliphatic hydroxyl groups is 4. The van der Waals surface area contributed by atoms with Crippen molar-refractivity contribution in [3.8, 4) is 28.7 Å². The lowest BCUT2D eigenvalue weighted by molar-refractivity contribution is -0.277. The van der Waals surface area contributed by atoms with Crippen LogP contribution in [0.5, 0.6) is 28.7 Å². The van der Waals surface area contributed by atoms with Gasteiger partial charge < -0.3 is 75.4 Å². The summed E-state index contributed by atoms with van der Waals surface area (Å²) in [4.78, 5) is 29.0. The second-order valence-corrected chi connectivity index (χ2v) is 11.8. The molecule has 18 heteroatoms. The Hall–Kier alpha value is -5.53. The van der Waals surface area contributed by atoms with E-state index in [1.165, 1.54) is 32.4 Å². The molecule has 0 saturated carbocycles. The lowest BCUT2D eigenvalue weighted by atomic mass is 9.99. The molecule has 1 fully saturated rings. The Morgan fingerprint density at radius 2 is 1.70 bits per heavy atom. The van der Waals surface area contributed by atoms with Gasteiger partial charge in [-0.05, 0) is 24.6 Å². The van der Waals surface area contributed by atoms with E-state index >= 15 is 0 Å². The van der Waals surface area contributed by atoms with Crippen molar-refractivity contribution in [1.82, 2.24) is 5.32 Å². The quantitative estimate of drug-likeness (QED) is 0.0392. The van der Waals surface area contributed by atoms with E-state index in [1.54, 1.807) is 6.92 Å². The van der Waals surface area contributed by atoms with E-state index < -0.39 is 55.3 Å². The van der Waals surface area contributed by atoms with Gasteiger partial charge in [0.2, 0.25) is 12.0 Å². The molecule has 53 heavy (non-hydrogen) atoms. The van der Waals surface area contributed by atoms with Crippen molar-refractivity contribution in [3.63, 3.8) is 0 Å². The number of carbonyl (C=O) groups is 2. The molecule has 4 rings (SSSR count). The van der Waals surface area contributed by atoms with Gasteiger partial charge in [0.1, 0.15) is 31.0 Å². The highest BCUT2D eigenvalue weighted by atomic mass is 16.7. The molecule has 0 aromatic heterocycles. The molecule has 3 aromatic rings. The van der Waals surface area contributed by atoms with Gasteiger partial charge >= 0.3 is 11.9 Å². The molecule has 1 heterocycles. The van der Waals surface area contributed by atoms with E-state index in [1.807, 2.05) is 30.3 Å². The number of aliphatic hydroxyl groups excluding tert-OH is 4. The summed E-state index contributed by atoms with van der Waals surface area (Å²) < 4.78 is 33.6. The zero-order valence-electron chi connectivity index (χ0n) is 29.2. The first-order valence-electron chi connectivity index (χ1n) is 16.4. The first kappa shape index (κ1) is 40.2. The van der Waals surface area contributed by atoms with Crippen LogP contribution in [0, 0.1) is 0 Å². The average Bonchev–Trinajstić information content (AvgIpc) is 3.15. The number of esters is 1. The fraction of sp³-hybridized carbons (Fsp3) is 0.400. The summed E-state index contributed by atoms with van der Waals surface area (Å²) in [6, 6.07) is 13.7. The molecule has 6 unspecified atom stereocenters. The molecule has 0 radical (unpaired) electrons. The molecular formula is C35H44N4O14. The van der Waals surface area contributed by atoms with Gasteiger partial charge in [-0.25, -0.2) is 9.59 Å². The number of nitrogens with one attached hydrogen (secondary N) is 2. The van der Waals surface area contributed by atoms with E-state index in [4.69, 9.17) is 34.2 Å². The topological polar surface area (TPSA) is 273 Å². The van der Waals surface area contributed by atoms with Crippen molar-refractivity contribution in [1.29, 1.82) is 0 Å². The monoisotopic (exact) mass is 744 g/mol. The highest BCUT2D eigenvalue weighted by Gasteiger charge is 2.46. The summed E-state index contributed by atoms with van der Waals surface area (Å²) in [6.45, 7) is 0.484. The highest BCUT2D eigenvalue weighted by Crippen LogP contribution is 2.39. The van der Waals surface area contributed by atoms with Crippen LogP contribution in [-0.4, -0.2) is 126 Å². The molecule has 0 aliphatic carbocycles. The normalized spacial score (nSPS) is 20.5. The van der Waals surface area contributed by atoms with Crippen molar-refractivity contribution < 1.29 is 68.6 Å². The number of anilines is 1. The number of hydrogen-bond donors (Lipinski definition) is 9. The second-order valence-electron chi connectivity index (χ2n) is 11.8. The van der Waals surface area contributed by atoms with E-state index in [0.29, 0.717) is 6.42 Å². The number of guanidine groups is 1. The van der Waals surface area contributed by atoms with E-state index in [9.17, 15) is 40.2 Å². The van der Waals surface area contributed by atoms with Crippen LogP contribution in [0.1, 0.15) is 33.2 Å². The van der Waals surface area contributed by atoms with Gasteiger partial charge in [-0.1, -0.05) is 30.3 Å². The molecule has 1 saturated heterocycles. The van der Waals surface area contributed by atoms with Crippen LogP contribution >= 0.6 is 0 Å². The summed E-state index contributed by atoms with van der Waals surface area (Å²) in [5.74, 6) is -3.05. The maximum Gasteiger partial charge on any atom is 0.338 e. The van der Waals surface area contributed by atoms with Gasteiger partial charge in [0.25, 0.3) is 0 Å². The number of nitrogens with zero attached hydrogens (tertiary/aromatic N) is 1. The number of aromatic carboxylic acids is 1. The van der Waals surface area contributed by atoms with Crippen molar-refractivity contribution >= 4 is 23.6 Å². The molecule has 288 valence electrons. The number of benzene rings is 3. The molecule has 18 nitrogen and oxygen atoms in total. The predicted octanol–water partition coefficient (Wildman–Crippen LogP) is 0.427. The van der Waals surface area contributed by atoms with Crippen LogP contribution in [0.3, 0.4) is 0 Å². The molecule has 0 bridgehead atoms.